The van der Waals surface area contributed by atoms with E-state index in [-0.39, 0.29) is 11.9 Å². The van der Waals surface area contributed by atoms with Crippen molar-refractivity contribution in [2.24, 2.45) is 0 Å². The van der Waals surface area contributed by atoms with E-state index >= 15 is 0 Å². The van der Waals surface area contributed by atoms with Crippen LogP contribution in [0.15, 0.2) is 48.5 Å². The quantitative estimate of drug-likeness (QED) is 0.682. The summed E-state index contributed by atoms with van der Waals surface area (Å²) in [5.74, 6) is -0.751. The molecule has 1 N–H and O–H groups in total. The predicted molar refractivity (Wildman–Crippen MR) is 104 cm³/mol. The number of hydrogen-bond acceptors (Lipinski definition) is 6. The van der Waals surface area contributed by atoms with E-state index in [1.54, 1.807) is 49.4 Å². The van der Waals surface area contributed by atoms with Gasteiger partial charge in [0.2, 0.25) is 0 Å². The van der Waals surface area contributed by atoms with Gasteiger partial charge in [-0.15, -0.1) is 0 Å². The van der Waals surface area contributed by atoms with Crippen LogP contribution in [0.3, 0.4) is 0 Å². The van der Waals surface area contributed by atoms with Crippen molar-refractivity contribution in [1.82, 2.24) is 4.98 Å². The van der Waals surface area contributed by atoms with Crippen LogP contribution < -0.4 is 5.32 Å². The van der Waals surface area contributed by atoms with Crippen molar-refractivity contribution in [3.63, 3.8) is 0 Å². The van der Waals surface area contributed by atoms with Crippen molar-refractivity contribution < 1.29 is 19.1 Å². The number of anilines is 2. The number of aromatic nitrogens is 1. The number of nitrogens with one attached hydrogen (secondary N) is 1. The second kappa shape index (κ2) is 7.86. The van der Waals surface area contributed by atoms with Crippen LogP contribution in [0.2, 0.25) is 0 Å². The summed E-state index contributed by atoms with van der Waals surface area (Å²) in [5, 5.41) is 4.13. The van der Waals surface area contributed by atoms with Crippen LogP contribution in [0.25, 0.3) is 10.9 Å². The van der Waals surface area contributed by atoms with E-state index in [1.807, 2.05) is 13.0 Å². The third-order valence-corrected chi connectivity index (χ3v) is 4.03. The van der Waals surface area contributed by atoms with Gasteiger partial charge in [0.1, 0.15) is 0 Å². The van der Waals surface area contributed by atoms with Gasteiger partial charge in [-0.25, -0.2) is 9.59 Å². The Labute approximate surface area is 157 Å². The maximum atomic E-state index is 12.0. The fourth-order valence-electron chi connectivity index (χ4n) is 2.77. The second-order valence-electron chi connectivity index (χ2n) is 5.96. The minimum atomic E-state index is -0.383. The number of ether oxygens (including phenoxy) is 2. The van der Waals surface area contributed by atoms with Crippen LogP contribution in [-0.4, -0.2) is 30.6 Å². The molecule has 138 valence electrons. The van der Waals surface area contributed by atoms with E-state index < -0.39 is 0 Å². The van der Waals surface area contributed by atoms with Gasteiger partial charge >= 0.3 is 11.9 Å². The van der Waals surface area contributed by atoms with Gasteiger partial charge in [0.05, 0.1) is 30.4 Å². The Hall–Kier alpha value is -3.41. The van der Waals surface area contributed by atoms with E-state index in [0.717, 1.165) is 28.0 Å². The largest absolute Gasteiger partial charge is 0.465 e. The van der Waals surface area contributed by atoms with Crippen molar-refractivity contribution in [2.75, 3.05) is 19.0 Å². The lowest BCUT2D eigenvalue weighted by Crippen LogP contribution is -2.05. The monoisotopic (exact) mass is 364 g/mol. The van der Waals surface area contributed by atoms with Crippen LogP contribution >= 0.6 is 0 Å². The van der Waals surface area contributed by atoms with Gasteiger partial charge in [-0.3, -0.25) is 4.98 Å². The number of rotatable bonds is 5. The Kier molecular flexibility index (Phi) is 5.35. The van der Waals surface area contributed by atoms with Crippen LogP contribution in [0.4, 0.5) is 11.4 Å². The van der Waals surface area contributed by atoms with Gasteiger partial charge in [0.15, 0.2) is 0 Å². The highest BCUT2D eigenvalue weighted by Gasteiger charge is 2.11. The Morgan fingerprint density at radius 2 is 1.70 bits per heavy atom. The molecule has 27 heavy (non-hydrogen) atoms. The molecule has 0 aliphatic rings. The smallest absolute Gasteiger partial charge is 0.338 e. The summed E-state index contributed by atoms with van der Waals surface area (Å²) >= 11 is 0. The molecule has 0 saturated heterocycles. The van der Waals surface area contributed by atoms with Crippen molar-refractivity contribution in [3.05, 3.63) is 65.4 Å². The number of benzene rings is 2. The molecular formula is C21H20N2O4. The molecule has 1 heterocycles. The van der Waals surface area contributed by atoms with Crippen LogP contribution in [0, 0.1) is 6.92 Å². The van der Waals surface area contributed by atoms with E-state index in [9.17, 15) is 9.59 Å². The first-order valence-corrected chi connectivity index (χ1v) is 8.55. The summed E-state index contributed by atoms with van der Waals surface area (Å²) < 4.78 is 9.79. The Balaban J connectivity index is 1.98. The topological polar surface area (TPSA) is 77.5 Å². The van der Waals surface area contributed by atoms with E-state index in [4.69, 9.17) is 9.47 Å². The molecule has 0 fully saturated rings. The maximum Gasteiger partial charge on any atom is 0.338 e. The summed E-state index contributed by atoms with van der Waals surface area (Å²) in [4.78, 5) is 28.1. The summed E-state index contributed by atoms with van der Waals surface area (Å²) in [6, 6.07) is 14.2. The number of esters is 2. The van der Waals surface area contributed by atoms with Crippen LogP contribution in [-0.2, 0) is 9.47 Å². The number of fused-ring (bicyclic) bond motifs is 1. The molecule has 1 aromatic heterocycles. The van der Waals surface area contributed by atoms with E-state index in [0.29, 0.717) is 17.7 Å². The number of hydrogen-bond donors (Lipinski definition) is 1. The third kappa shape index (κ3) is 4.06. The summed E-state index contributed by atoms with van der Waals surface area (Å²) in [6.07, 6.45) is 0. The van der Waals surface area contributed by atoms with Crippen molar-refractivity contribution in [1.29, 1.82) is 0 Å². The standard InChI is InChI=1S/C21H20N2O4/c1-4-27-21(25)15-7-10-18-17(12-15)19(11-13(2)22-18)23-16-8-5-14(6-9-16)20(24)26-3/h5-12H,4H2,1-3H3,(H,22,23). The zero-order chi connectivity index (χ0) is 19.4. The lowest BCUT2D eigenvalue weighted by atomic mass is 10.1. The lowest BCUT2D eigenvalue weighted by Gasteiger charge is -2.12. The SMILES string of the molecule is CCOC(=O)c1ccc2nc(C)cc(Nc3ccc(C(=O)OC)cc3)c2c1. The zero-order valence-electron chi connectivity index (χ0n) is 15.4. The fourth-order valence-corrected chi connectivity index (χ4v) is 2.77. The fraction of sp³-hybridized carbons (Fsp3) is 0.190. The molecule has 3 aromatic rings. The average molecular weight is 364 g/mol. The van der Waals surface area contributed by atoms with Gasteiger partial charge in [-0.05, 0) is 62.4 Å². The Morgan fingerprint density at radius 3 is 2.37 bits per heavy atom. The molecule has 0 saturated carbocycles. The van der Waals surface area contributed by atoms with Gasteiger partial charge in [-0.1, -0.05) is 0 Å². The molecule has 0 bridgehead atoms. The van der Waals surface area contributed by atoms with Crippen molar-refractivity contribution >= 4 is 34.2 Å². The number of nitrogens with zero attached hydrogens (tertiary/aromatic N) is 1. The highest BCUT2D eigenvalue weighted by Crippen LogP contribution is 2.28. The number of carbonyl (C=O) groups excluding carboxylic acids is 2. The minimum absolute atomic E-state index is 0.320. The van der Waals surface area contributed by atoms with Gasteiger partial charge in [0, 0.05) is 22.5 Å². The Bertz CT molecular complexity index is 997. The average Bonchev–Trinajstić information content (AvgIpc) is 2.67. The van der Waals surface area contributed by atoms with Crippen LogP contribution in [0.5, 0.6) is 0 Å². The molecule has 0 spiro atoms. The van der Waals surface area contributed by atoms with Gasteiger partial charge in [-0.2, -0.15) is 0 Å². The minimum Gasteiger partial charge on any atom is -0.465 e. The summed E-state index contributed by atoms with van der Waals surface area (Å²) in [6.45, 7) is 4.00. The molecule has 6 heteroatoms. The zero-order valence-corrected chi connectivity index (χ0v) is 15.4. The maximum absolute atomic E-state index is 12.0. The third-order valence-electron chi connectivity index (χ3n) is 4.03. The van der Waals surface area contributed by atoms with E-state index in [1.165, 1.54) is 7.11 Å². The molecule has 2 aromatic carbocycles. The van der Waals surface area contributed by atoms with Gasteiger partial charge < -0.3 is 14.8 Å². The highest BCUT2D eigenvalue weighted by molar-refractivity contribution is 6.00. The molecule has 0 aliphatic carbocycles. The Morgan fingerprint density at radius 1 is 1.00 bits per heavy atom. The first kappa shape index (κ1) is 18.4. The highest BCUT2D eigenvalue weighted by atomic mass is 16.5. The normalized spacial score (nSPS) is 10.5. The lowest BCUT2D eigenvalue weighted by molar-refractivity contribution is 0.0525. The first-order valence-electron chi connectivity index (χ1n) is 8.55. The van der Waals surface area contributed by atoms with Crippen LogP contribution in [0.1, 0.15) is 33.3 Å². The number of methoxy groups -OCH3 is 1. The van der Waals surface area contributed by atoms with E-state index in [2.05, 4.69) is 10.3 Å². The molecule has 0 radical (unpaired) electrons. The second-order valence-corrected chi connectivity index (χ2v) is 5.96. The molecule has 6 nitrogen and oxygen atoms in total. The molecule has 0 unspecified atom stereocenters. The molecule has 0 aliphatic heterocycles. The number of carbonyl (C=O) groups is 2. The van der Waals surface area contributed by atoms with Gasteiger partial charge in [0.25, 0.3) is 0 Å². The molecule has 0 amide bonds. The summed E-state index contributed by atoms with van der Waals surface area (Å²) in [7, 11) is 1.35. The van der Waals surface area contributed by atoms with Crippen molar-refractivity contribution in [3.8, 4) is 0 Å². The molecular weight excluding hydrogens is 344 g/mol. The molecule has 3 rings (SSSR count). The first-order chi connectivity index (χ1) is 13.0. The number of aryl methyl sites for hydroxylation is 1. The number of pyridine rings is 1. The predicted octanol–water partition coefficient (Wildman–Crippen LogP) is 4.25. The molecule has 0 atom stereocenters. The van der Waals surface area contributed by atoms with Crippen molar-refractivity contribution in [2.45, 2.75) is 13.8 Å². The summed E-state index contributed by atoms with van der Waals surface area (Å²) in [5.41, 5.74) is 4.19.